The van der Waals surface area contributed by atoms with Gasteiger partial charge >= 0.3 is 0 Å². The van der Waals surface area contributed by atoms with Crippen LogP contribution in [-0.4, -0.2) is 43.9 Å². The first-order chi connectivity index (χ1) is 7.76. The van der Waals surface area contributed by atoms with Crippen LogP contribution in [0.2, 0.25) is 0 Å². The van der Waals surface area contributed by atoms with Gasteiger partial charge < -0.3 is 19.7 Å². The van der Waals surface area contributed by atoms with Crippen molar-refractivity contribution >= 4 is 0 Å². The molecule has 1 aliphatic rings. The van der Waals surface area contributed by atoms with Crippen molar-refractivity contribution < 1.29 is 19.7 Å². The highest BCUT2D eigenvalue weighted by Gasteiger charge is 2.34. The van der Waals surface area contributed by atoms with Crippen molar-refractivity contribution in [3.05, 3.63) is 0 Å². The van der Waals surface area contributed by atoms with Gasteiger partial charge in [-0.15, -0.1) is 0 Å². The average molecular weight is 232 g/mol. The van der Waals surface area contributed by atoms with Crippen LogP contribution in [0.15, 0.2) is 0 Å². The molecule has 0 aliphatic heterocycles. The highest BCUT2D eigenvalue weighted by Crippen LogP contribution is 2.37. The van der Waals surface area contributed by atoms with E-state index in [2.05, 4.69) is 0 Å². The second-order valence-electron chi connectivity index (χ2n) is 4.62. The molecule has 0 radical (unpaired) electrons. The first-order valence-corrected chi connectivity index (χ1v) is 6.04. The molecule has 0 heterocycles. The number of hydrogen-bond acceptors (Lipinski definition) is 4. The maximum absolute atomic E-state index is 9.37. The Morgan fingerprint density at radius 1 is 1.06 bits per heavy atom. The van der Waals surface area contributed by atoms with E-state index in [1.54, 1.807) is 14.2 Å². The predicted octanol–water partition coefficient (Wildman–Crippen LogP) is 1.01. The second kappa shape index (κ2) is 7.22. The van der Waals surface area contributed by atoms with Crippen LogP contribution in [0, 0.1) is 17.8 Å². The van der Waals surface area contributed by atoms with E-state index in [-0.39, 0.29) is 31.3 Å². The number of aliphatic hydroxyl groups is 2. The second-order valence-corrected chi connectivity index (χ2v) is 4.62. The number of aliphatic hydroxyl groups excluding tert-OH is 2. The summed E-state index contributed by atoms with van der Waals surface area (Å²) in [6.07, 6.45) is 3.70. The van der Waals surface area contributed by atoms with Crippen LogP contribution < -0.4 is 0 Å². The Hall–Kier alpha value is -0.160. The van der Waals surface area contributed by atoms with Crippen LogP contribution >= 0.6 is 0 Å². The summed E-state index contributed by atoms with van der Waals surface area (Å²) in [5.74, 6) is 0.853. The quantitative estimate of drug-likeness (QED) is 0.671. The van der Waals surface area contributed by atoms with E-state index in [4.69, 9.17) is 9.47 Å². The summed E-state index contributed by atoms with van der Waals surface area (Å²) in [4.78, 5) is 0. The van der Waals surface area contributed by atoms with Crippen LogP contribution in [0.5, 0.6) is 0 Å². The lowest BCUT2D eigenvalue weighted by atomic mass is 9.71. The summed E-state index contributed by atoms with van der Waals surface area (Å²) < 4.78 is 10.4. The lowest BCUT2D eigenvalue weighted by Gasteiger charge is -2.38. The van der Waals surface area contributed by atoms with Gasteiger partial charge in [-0.2, -0.15) is 0 Å². The minimum Gasteiger partial charge on any atom is -0.396 e. The first-order valence-electron chi connectivity index (χ1n) is 6.04. The first kappa shape index (κ1) is 13.9. The van der Waals surface area contributed by atoms with Gasteiger partial charge in [0.25, 0.3) is 0 Å². The lowest BCUT2D eigenvalue weighted by molar-refractivity contribution is -0.128. The normalized spacial score (nSPS) is 30.9. The van der Waals surface area contributed by atoms with Gasteiger partial charge in [0.2, 0.25) is 0 Å². The third-order valence-corrected chi connectivity index (χ3v) is 3.82. The topological polar surface area (TPSA) is 58.9 Å². The third-order valence-electron chi connectivity index (χ3n) is 3.82. The highest BCUT2D eigenvalue weighted by atomic mass is 16.7. The predicted molar refractivity (Wildman–Crippen MR) is 60.9 cm³/mol. The van der Waals surface area contributed by atoms with Gasteiger partial charge in [-0.1, -0.05) is 6.42 Å². The number of rotatable bonds is 6. The summed E-state index contributed by atoms with van der Waals surface area (Å²) >= 11 is 0. The lowest BCUT2D eigenvalue weighted by Crippen LogP contribution is -2.35. The molecule has 0 spiro atoms. The van der Waals surface area contributed by atoms with E-state index in [1.165, 1.54) is 0 Å². The van der Waals surface area contributed by atoms with E-state index >= 15 is 0 Å². The van der Waals surface area contributed by atoms with Crippen LogP contribution in [0.3, 0.4) is 0 Å². The molecule has 3 atom stereocenters. The molecule has 1 fully saturated rings. The molecule has 1 unspecified atom stereocenters. The molecule has 0 amide bonds. The Bertz CT molecular complexity index is 170. The summed E-state index contributed by atoms with van der Waals surface area (Å²) in [5.41, 5.74) is 0. The Morgan fingerprint density at radius 2 is 1.56 bits per heavy atom. The fourth-order valence-electron chi connectivity index (χ4n) is 2.80. The van der Waals surface area contributed by atoms with E-state index in [0.29, 0.717) is 5.92 Å². The Kier molecular flexibility index (Phi) is 6.28. The van der Waals surface area contributed by atoms with Gasteiger partial charge in [0.1, 0.15) is 0 Å². The zero-order valence-corrected chi connectivity index (χ0v) is 10.3. The van der Waals surface area contributed by atoms with Crippen molar-refractivity contribution in [1.82, 2.24) is 0 Å². The smallest absolute Gasteiger partial charge is 0.157 e. The third kappa shape index (κ3) is 3.42. The molecule has 16 heavy (non-hydrogen) atoms. The van der Waals surface area contributed by atoms with Crippen LogP contribution in [-0.2, 0) is 9.47 Å². The molecule has 0 aromatic heterocycles. The number of hydrogen-bond donors (Lipinski definition) is 2. The molecule has 1 saturated carbocycles. The van der Waals surface area contributed by atoms with Crippen molar-refractivity contribution in [3.8, 4) is 0 Å². The standard InChI is InChI=1S/C12H24O4/c1-15-12(16-2)6-11-9(7-13)4-3-5-10(11)8-14/h9-14H,3-8H2,1-2H3/t9-,10+,11?. The summed E-state index contributed by atoms with van der Waals surface area (Å²) in [7, 11) is 3.25. The maximum Gasteiger partial charge on any atom is 0.157 e. The summed E-state index contributed by atoms with van der Waals surface area (Å²) in [6.45, 7) is 0.391. The van der Waals surface area contributed by atoms with Crippen LogP contribution in [0.1, 0.15) is 25.7 Å². The Balaban J connectivity index is 2.60. The molecule has 1 rings (SSSR count). The minimum atomic E-state index is -0.230. The molecule has 4 nitrogen and oxygen atoms in total. The zero-order valence-electron chi connectivity index (χ0n) is 10.3. The minimum absolute atomic E-state index is 0.196. The Morgan fingerprint density at radius 3 is 1.94 bits per heavy atom. The van der Waals surface area contributed by atoms with E-state index in [9.17, 15) is 10.2 Å². The molecule has 2 N–H and O–H groups in total. The molecule has 0 bridgehead atoms. The van der Waals surface area contributed by atoms with Crippen LogP contribution in [0.4, 0.5) is 0 Å². The number of methoxy groups -OCH3 is 2. The fraction of sp³-hybridized carbons (Fsp3) is 1.00. The molecular formula is C12H24O4. The van der Waals surface area contributed by atoms with Gasteiger partial charge in [0.15, 0.2) is 6.29 Å². The van der Waals surface area contributed by atoms with Gasteiger partial charge in [-0.25, -0.2) is 0 Å². The molecular weight excluding hydrogens is 208 g/mol. The Labute approximate surface area is 97.6 Å². The van der Waals surface area contributed by atoms with Crippen molar-refractivity contribution in [2.45, 2.75) is 32.0 Å². The summed E-state index contributed by atoms with van der Waals surface area (Å²) in [6, 6.07) is 0. The van der Waals surface area contributed by atoms with Crippen molar-refractivity contribution in [2.24, 2.45) is 17.8 Å². The molecule has 96 valence electrons. The molecule has 0 aromatic carbocycles. The maximum atomic E-state index is 9.37. The van der Waals surface area contributed by atoms with Crippen LogP contribution in [0.25, 0.3) is 0 Å². The average Bonchev–Trinajstić information content (AvgIpc) is 2.35. The van der Waals surface area contributed by atoms with E-state index < -0.39 is 0 Å². The van der Waals surface area contributed by atoms with Gasteiger partial charge in [-0.05, 0) is 30.6 Å². The van der Waals surface area contributed by atoms with Crippen molar-refractivity contribution in [3.63, 3.8) is 0 Å². The van der Waals surface area contributed by atoms with Gasteiger partial charge in [-0.3, -0.25) is 0 Å². The fourth-order valence-corrected chi connectivity index (χ4v) is 2.80. The van der Waals surface area contributed by atoms with Crippen molar-refractivity contribution in [1.29, 1.82) is 0 Å². The molecule has 4 heteroatoms. The summed E-state index contributed by atoms with van der Waals surface area (Å²) in [5, 5.41) is 18.7. The van der Waals surface area contributed by atoms with Gasteiger partial charge in [0, 0.05) is 33.9 Å². The zero-order chi connectivity index (χ0) is 12.0. The van der Waals surface area contributed by atoms with E-state index in [1.807, 2.05) is 0 Å². The van der Waals surface area contributed by atoms with E-state index in [0.717, 1.165) is 25.7 Å². The van der Waals surface area contributed by atoms with Crippen molar-refractivity contribution in [2.75, 3.05) is 27.4 Å². The number of ether oxygens (including phenoxy) is 2. The highest BCUT2D eigenvalue weighted by molar-refractivity contribution is 4.82. The molecule has 1 aliphatic carbocycles. The van der Waals surface area contributed by atoms with Gasteiger partial charge in [0.05, 0.1) is 0 Å². The SMILES string of the molecule is COC(CC1[C@H](CO)CCC[C@@H]1CO)OC. The monoisotopic (exact) mass is 232 g/mol. The molecule has 0 saturated heterocycles. The molecule has 0 aromatic rings. The largest absolute Gasteiger partial charge is 0.396 e.